The van der Waals surface area contributed by atoms with E-state index in [2.05, 4.69) is 27.1 Å². The van der Waals surface area contributed by atoms with E-state index in [0.717, 1.165) is 64.0 Å². The second-order valence-corrected chi connectivity index (χ2v) is 9.91. The number of hydrogen-bond donors (Lipinski definition) is 4. The van der Waals surface area contributed by atoms with Gasteiger partial charge in [0, 0.05) is 23.7 Å². The number of ether oxygens (including phenoxy) is 1. The molecule has 3 aliphatic rings. The molecule has 1 aromatic carbocycles. The number of likely N-dealkylation sites (N-methyl/N-ethyl adjacent to an activating group) is 1. The molecule has 4 rings (SSSR count). The van der Waals surface area contributed by atoms with E-state index in [1.807, 2.05) is 6.07 Å². The first-order valence-corrected chi connectivity index (χ1v) is 12.5. The fourth-order valence-electron chi connectivity index (χ4n) is 5.94. The number of nitrogens with two attached hydrogens (primary N) is 3. The first-order chi connectivity index (χ1) is 16.3. The maximum atomic E-state index is 14.1. The molecule has 0 radical (unpaired) electrons. The Hall–Kier alpha value is -2.43. The molecule has 3 atom stereocenters. The van der Waals surface area contributed by atoms with Gasteiger partial charge in [0.2, 0.25) is 12.2 Å². The zero-order valence-corrected chi connectivity index (χ0v) is 20.4. The van der Waals surface area contributed by atoms with Crippen molar-refractivity contribution < 1.29 is 13.6 Å². The van der Waals surface area contributed by atoms with Crippen molar-refractivity contribution in [2.24, 2.45) is 33.1 Å². The zero-order valence-electron chi connectivity index (χ0n) is 20.4. The summed E-state index contributed by atoms with van der Waals surface area (Å²) < 4.78 is 19.5. The lowest BCUT2D eigenvalue weighted by atomic mass is 9.85. The Balaban J connectivity index is 1.42. The Labute approximate surface area is 201 Å². The number of nitrogens with zero attached hydrogens (tertiary/aromatic N) is 4. The molecule has 188 valence electrons. The molecule has 2 aliphatic heterocycles. The normalized spacial score (nSPS) is 32.2. The summed E-state index contributed by atoms with van der Waals surface area (Å²) >= 11 is 0. The van der Waals surface area contributed by atoms with Crippen molar-refractivity contribution in [2.45, 2.75) is 63.8 Å². The lowest BCUT2D eigenvalue weighted by molar-refractivity contribution is -0.874. The second-order valence-electron chi connectivity index (χ2n) is 9.91. The molecule has 1 aromatic rings. The van der Waals surface area contributed by atoms with E-state index >= 15 is 0 Å². The van der Waals surface area contributed by atoms with Gasteiger partial charge in [-0.2, -0.15) is 4.99 Å². The summed E-state index contributed by atoms with van der Waals surface area (Å²) in [6.07, 6.45) is 5.88. The van der Waals surface area contributed by atoms with Crippen LogP contribution in [0.5, 0.6) is 5.75 Å². The molecule has 0 bridgehead atoms. The summed E-state index contributed by atoms with van der Waals surface area (Å²) in [5.41, 5.74) is 19.8. The Morgan fingerprint density at radius 1 is 1.18 bits per heavy atom. The van der Waals surface area contributed by atoms with Crippen LogP contribution in [-0.4, -0.2) is 73.0 Å². The number of aliphatic imine (C=N–C) groups is 2. The average molecular weight is 476 g/mol. The van der Waals surface area contributed by atoms with Crippen LogP contribution in [0, 0.1) is 11.7 Å². The number of halogens is 1. The number of benzene rings is 1. The van der Waals surface area contributed by atoms with Gasteiger partial charge in [-0.1, -0.05) is 6.92 Å². The van der Waals surface area contributed by atoms with Crippen molar-refractivity contribution in [3.8, 4) is 5.75 Å². The average Bonchev–Trinajstić information content (AvgIpc) is 3.26. The summed E-state index contributed by atoms with van der Waals surface area (Å²) in [6.45, 7) is 5.96. The highest BCUT2D eigenvalue weighted by molar-refractivity contribution is 5.91. The summed E-state index contributed by atoms with van der Waals surface area (Å²) in [5, 5.41) is 3.48. The topological polar surface area (TPSA) is 127 Å². The molecule has 34 heavy (non-hydrogen) atoms. The molecular weight excluding hydrogens is 435 g/mol. The van der Waals surface area contributed by atoms with Gasteiger partial charge in [0.15, 0.2) is 11.6 Å². The minimum Gasteiger partial charge on any atom is -0.494 e. The van der Waals surface area contributed by atoms with E-state index in [0.29, 0.717) is 28.4 Å². The van der Waals surface area contributed by atoms with Crippen LogP contribution in [0.25, 0.3) is 0 Å². The summed E-state index contributed by atoms with van der Waals surface area (Å²) in [7, 11) is 1.47. The smallest absolute Gasteiger partial charge is 0.305 e. The van der Waals surface area contributed by atoms with Crippen LogP contribution in [0.15, 0.2) is 28.2 Å². The Kier molecular flexibility index (Phi) is 7.59. The fourth-order valence-corrected chi connectivity index (χ4v) is 5.94. The third kappa shape index (κ3) is 5.13. The van der Waals surface area contributed by atoms with Crippen molar-refractivity contribution in [1.82, 2.24) is 4.90 Å². The van der Waals surface area contributed by atoms with Gasteiger partial charge in [-0.25, -0.2) is 8.87 Å². The first kappa shape index (κ1) is 24.7. The van der Waals surface area contributed by atoms with Gasteiger partial charge in [-0.15, -0.1) is 4.99 Å². The van der Waals surface area contributed by atoms with Crippen LogP contribution in [0.4, 0.5) is 10.1 Å². The number of hydrogen-bond acceptors (Lipinski definition) is 8. The van der Waals surface area contributed by atoms with E-state index < -0.39 is 6.29 Å². The first-order valence-electron chi connectivity index (χ1n) is 12.5. The number of likely N-dealkylation sites (tertiary alicyclic amines) is 1. The number of rotatable bonds is 8. The third-order valence-electron chi connectivity index (χ3n) is 7.85. The largest absolute Gasteiger partial charge is 0.494 e. The summed E-state index contributed by atoms with van der Waals surface area (Å²) in [4.78, 5) is 11.3. The number of quaternary nitrogens is 1. The van der Waals surface area contributed by atoms with Crippen molar-refractivity contribution in [3.63, 3.8) is 0 Å². The van der Waals surface area contributed by atoms with Crippen molar-refractivity contribution in [3.05, 3.63) is 24.0 Å². The van der Waals surface area contributed by atoms with E-state index in [9.17, 15) is 4.39 Å². The van der Waals surface area contributed by atoms with E-state index in [1.54, 1.807) is 6.07 Å². The van der Waals surface area contributed by atoms with Crippen LogP contribution in [0.1, 0.15) is 45.4 Å². The molecule has 0 amide bonds. The SMILES string of the molecule is CCN1CCCC1C[N+]1(CC2CCC(Nc3ccc(OC)c(F)c3)CC2)C(N)=NC(N)=NC1N. The predicted molar refractivity (Wildman–Crippen MR) is 134 cm³/mol. The van der Waals surface area contributed by atoms with Crippen LogP contribution in [0.2, 0.25) is 0 Å². The molecule has 1 saturated heterocycles. The minimum absolute atomic E-state index is 0.164. The number of anilines is 1. The van der Waals surface area contributed by atoms with Gasteiger partial charge in [0.05, 0.1) is 19.7 Å². The predicted octanol–water partition coefficient (Wildman–Crippen LogP) is 1.99. The molecule has 7 N–H and O–H groups in total. The lowest BCUT2D eigenvalue weighted by Gasteiger charge is -2.45. The maximum absolute atomic E-state index is 14.1. The molecule has 2 heterocycles. The van der Waals surface area contributed by atoms with Gasteiger partial charge < -0.3 is 21.5 Å². The van der Waals surface area contributed by atoms with E-state index in [-0.39, 0.29) is 17.5 Å². The highest BCUT2D eigenvalue weighted by Crippen LogP contribution is 2.33. The Bertz CT molecular complexity index is 916. The van der Waals surface area contributed by atoms with Gasteiger partial charge in [0.25, 0.3) is 0 Å². The van der Waals surface area contributed by atoms with Crippen molar-refractivity contribution >= 4 is 17.6 Å². The van der Waals surface area contributed by atoms with E-state index in [4.69, 9.17) is 21.9 Å². The van der Waals surface area contributed by atoms with Crippen LogP contribution in [0.3, 0.4) is 0 Å². The number of nitrogens with one attached hydrogen (secondary N) is 1. The highest BCUT2D eigenvalue weighted by atomic mass is 19.1. The lowest BCUT2D eigenvalue weighted by Crippen LogP contribution is -2.71. The standard InChI is InChI=1S/C24H40FN8O/c1-3-32-12-4-5-19(32)15-33(23(27)30-22(26)31-24(33)28)14-16-6-8-17(9-7-16)29-18-10-11-21(34-2)20(25)13-18/h10-11,13,16-17,19,23,29H,3-9,12,14-15,27H2,1-2H3,(H4,26,28,30,31)/q+1. The molecule has 9 nitrogen and oxygen atoms in total. The van der Waals surface area contributed by atoms with Crippen molar-refractivity contribution in [1.29, 1.82) is 0 Å². The molecular formula is C24H40FN8O+. The molecule has 3 unspecified atom stereocenters. The van der Waals surface area contributed by atoms with Crippen LogP contribution < -0.4 is 27.3 Å². The number of guanidine groups is 2. The van der Waals surface area contributed by atoms with Gasteiger partial charge in [0.1, 0.15) is 6.54 Å². The van der Waals surface area contributed by atoms with Crippen LogP contribution >= 0.6 is 0 Å². The molecule has 2 fully saturated rings. The highest BCUT2D eigenvalue weighted by Gasteiger charge is 2.47. The Morgan fingerprint density at radius 3 is 2.59 bits per heavy atom. The molecule has 10 heteroatoms. The maximum Gasteiger partial charge on any atom is 0.305 e. The van der Waals surface area contributed by atoms with Crippen molar-refractivity contribution in [2.75, 3.05) is 38.6 Å². The molecule has 0 aromatic heterocycles. The monoisotopic (exact) mass is 475 g/mol. The zero-order chi connectivity index (χ0) is 24.3. The van der Waals surface area contributed by atoms with E-state index in [1.165, 1.54) is 19.6 Å². The van der Waals surface area contributed by atoms with Gasteiger partial charge >= 0.3 is 5.96 Å². The summed E-state index contributed by atoms with van der Waals surface area (Å²) in [6, 6.07) is 5.74. The minimum atomic E-state index is -0.532. The summed E-state index contributed by atoms with van der Waals surface area (Å²) in [5.74, 6) is 1.01. The quantitative estimate of drug-likeness (QED) is 0.426. The Morgan fingerprint density at radius 2 is 1.94 bits per heavy atom. The molecule has 1 aliphatic carbocycles. The van der Waals surface area contributed by atoms with Gasteiger partial charge in [-0.3, -0.25) is 10.6 Å². The van der Waals surface area contributed by atoms with Gasteiger partial charge in [-0.05, 0) is 63.7 Å². The number of methoxy groups -OCH3 is 1. The fraction of sp³-hybridized carbons (Fsp3) is 0.667. The molecule has 0 spiro atoms. The molecule has 1 saturated carbocycles. The third-order valence-corrected chi connectivity index (χ3v) is 7.85. The second kappa shape index (κ2) is 10.5. The van der Waals surface area contributed by atoms with Crippen LogP contribution in [-0.2, 0) is 0 Å².